The van der Waals surface area contributed by atoms with Crippen molar-refractivity contribution in [1.82, 2.24) is 25.0 Å². The summed E-state index contributed by atoms with van der Waals surface area (Å²) in [4.78, 5) is 14.9. The molecule has 4 rings (SSSR count). The number of nitrogens with one attached hydrogen (secondary N) is 1. The maximum atomic E-state index is 12.6. The van der Waals surface area contributed by atoms with Crippen molar-refractivity contribution in [2.45, 2.75) is 45.8 Å². The molecule has 3 aromatic rings. The predicted octanol–water partition coefficient (Wildman–Crippen LogP) is 3.15. The average Bonchev–Trinajstić information content (AvgIpc) is 3.37. The minimum atomic E-state index is -0.247. The first-order valence-corrected chi connectivity index (χ1v) is 10.8. The van der Waals surface area contributed by atoms with Crippen molar-refractivity contribution < 1.29 is 14.3 Å². The first-order chi connectivity index (χ1) is 15.0. The molecule has 1 amide bonds. The molecule has 0 saturated heterocycles. The highest BCUT2D eigenvalue weighted by Gasteiger charge is 2.27. The fraction of sp³-hybridized carbons (Fsp3) is 0.435. The second-order valence-electron chi connectivity index (χ2n) is 8.41. The molecule has 2 aromatic heterocycles. The standard InChI is InChI=1S/C23H29N5O3/c1-16(2)14-18(24-23(30)20-8-5-13-31-20)22-26-25-21-9-10-27(11-12-28(21)22)15-17-6-3-4-7-19(17)29/h3-8,13,16,18,29H,9-12,14-15H2,1-2H3,(H,24,30). The largest absolute Gasteiger partial charge is 0.508 e. The zero-order chi connectivity index (χ0) is 21.8. The Balaban J connectivity index is 1.50. The lowest BCUT2D eigenvalue weighted by molar-refractivity contribution is 0.0900. The third-order valence-electron chi connectivity index (χ3n) is 5.60. The normalized spacial score (nSPS) is 15.5. The zero-order valence-electron chi connectivity index (χ0n) is 18.0. The Morgan fingerprint density at radius 3 is 2.74 bits per heavy atom. The molecule has 0 saturated carbocycles. The lowest BCUT2D eigenvalue weighted by Gasteiger charge is -2.22. The molecule has 0 aliphatic carbocycles. The Labute approximate surface area is 181 Å². The van der Waals surface area contributed by atoms with E-state index >= 15 is 0 Å². The van der Waals surface area contributed by atoms with Gasteiger partial charge in [0.15, 0.2) is 11.6 Å². The number of amides is 1. The molecule has 8 heteroatoms. The summed E-state index contributed by atoms with van der Waals surface area (Å²) < 4.78 is 7.39. The average molecular weight is 424 g/mol. The van der Waals surface area contributed by atoms with Gasteiger partial charge in [-0.15, -0.1) is 10.2 Å². The summed E-state index contributed by atoms with van der Waals surface area (Å²) in [7, 11) is 0. The lowest BCUT2D eigenvalue weighted by Crippen LogP contribution is -2.32. The number of hydrogen-bond donors (Lipinski definition) is 2. The number of phenols is 1. The van der Waals surface area contributed by atoms with Gasteiger partial charge < -0.3 is 19.4 Å². The second-order valence-corrected chi connectivity index (χ2v) is 8.41. The van der Waals surface area contributed by atoms with Crippen LogP contribution in [0.15, 0.2) is 47.1 Å². The molecule has 2 N–H and O–H groups in total. The predicted molar refractivity (Wildman–Crippen MR) is 115 cm³/mol. The minimum absolute atomic E-state index is 0.247. The van der Waals surface area contributed by atoms with Gasteiger partial charge in [0.1, 0.15) is 11.6 Å². The molecule has 1 atom stereocenters. The van der Waals surface area contributed by atoms with Gasteiger partial charge in [-0.1, -0.05) is 32.0 Å². The molecule has 0 bridgehead atoms. The van der Waals surface area contributed by atoms with Crippen molar-refractivity contribution >= 4 is 5.91 Å². The number of phenolic OH excluding ortho intramolecular Hbond substituents is 1. The maximum Gasteiger partial charge on any atom is 0.287 e. The van der Waals surface area contributed by atoms with Crippen LogP contribution in [0, 0.1) is 5.92 Å². The van der Waals surface area contributed by atoms with Crippen LogP contribution in [0.4, 0.5) is 0 Å². The monoisotopic (exact) mass is 423 g/mol. The molecule has 1 aromatic carbocycles. The number of carbonyl (C=O) groups is 1. The van der Waals surface area contributed by atoms with Gasteiger partial charge in [0.25, 0.3) is 5.91 Å². The summed E-state index contributed by atoms with van der Waals surface area (Å²) in [6, 6.07) is 10.6. The molecular weight excluding hydrogens is 394 g/mol. The van der Waals surface area contributed by atoms with Crippen LogP contribution in [-0.4, -0.2) is 43.8 Å². The summed E-state index contributed by atoms with van der Waals surface area (Å²) in [5, 5.41) is 22.1. The van der Waals surface area contributed by atoms with Crippen LogP contribution in [0.1, 0.15) is 54.1 Å². The van der Waals surface area contributed by atoms with Crippen molar-refractivity contribution in [2.75, 3.05) is 13.1 Å². The number of rotatable bonds is 7. The van der Waals surface area contributed by atoms with E-state index in [1.807, 2.05) is 18.2 Å². The van der Waals surface area contributed by atoms with E-state index in [1.54, 1.807) is 18.2 Å². The van der Waals surface area contributed by atoms with Gasteiger partial charge in [-0.05, 0) is 30.5 Å². The maximum absolute atomic E-state index is 12.6. The molecular formula is C23H29N5O3. The van der Waals surface area contributed by atoms with E-state index < -0.39 is 0 Å². The minimum Gasteiger partial charge on any atom is -0.508 e. The van der Waals surface area contributed by atoms with Crippen LogP contribution in [-0.2, 0) is 19.5 Å². The van der Waals surface area contributed by atoms with Gasteiger partial charge in [0.05, 0.1) is 12.3 Å². The highest BCUT2D eigenvalue weighted by Crippen LogP contribution is 2.24. The van der Waals surface area contributed by atoms with Crippen LogP contribution < -0.4 is 5.32 Å². The van der Waals surface area contributed by atoms with Gasteiger partial charge in [-0.3, -0.25) is 9.69 Å². The number of benzene rings is 1. The number of carbonyl (C=O) groups excluding carboxylic acids is 1. The summed E-state index contributed by atoms with van der Waals surface area (Å²) in [5.74, 6) is 2.45. The van der Waals surface area contributed by atoms with Crippen molar-refractivity contribution in [1.29, 1.82) is 0 Å². The highest BCUT2D eigenvalue weighted by molar-refractivity contribution is 5.91. The summed E-state index contributed by atoms with van der Waals surface area (Å²) in [5.41, 5.74) is 0.920. The van der Waals surface area contributed by atoms with E-state index in [4.69, 9.17) is 4.42 Å². The van der Waals surface area contributed by atoms with Crippen LogP contribution in [0.2, 0.25) is 0 Å². The van der Waals surface area contributed by atoms with E-state index in [0.29, 0.717) is 24.0 Å². The topological polar surface area (TPSA) is 96.4 Å². The van der Waals surface area contributed by atoms with Crippen molar-refractivity contribution in [3.8, 4) is 5.75 Å². The molecule has 31 heavy (non-hydrogen) atoms. The number of fused-ring (bicyclic) bond motifs is 1. The van der Waals surface area contributed by atoms with Crippen LogP contribution in [0.3, 0.4) is 0 Å². The second kappa shape index (κ2) is 9.34. The van der Waals surface area contributed by atoms with Gasteiger partial charge >= 0.3 is 0 Å². The van der Waals surface area contributed by atoms with Gasteiger partial charge in [0, 0.05) is 38.2 Å². The number of hydrogen-bond acceptors (Lipinski definition) is 6. The Bertz CT molecular complexity index is 1010. The number of furan rings is 1. The molecule has 1 aliphatic heterocycles. The number of nitrogens with zero attached hydrogens (tertiary/aromatic N) is 4. The van der Waals surface area contributed by atoms with Crippen LogP contribution in [0.5, 0.6) is 5.75 Å². The quantitative estimate of drug-likeness (QED) is 0.606. The smallest absolute Gasteiger partial charge is 0.287 e. The van der Waals surface area contributed by atoms with E-state index in [2.05, 4.69) is 38.8 Å². The Morgan fingerprint density at radius 1 is 1.16 bits per heavy atom. The van der Waals surface area contributed by atoms with E-state index in [-0.39, 0.29) is 11.9 Å². The Morgan fingerprint density at radius 2 is 2.00 bits per heavy atom. The zero-order valence-corrected chi connectivity index (χ0v) is 18.0. The third-order valence-corrected chi connectivity index (χ3v) is 5.60. The molecule has 8 nitrogen and oxygen atoms in total. The molecule has 1 aliphatic rings. The van der Waals surface area contributed by atoms with E-state index in [9.17, 15) is 9.90 Å². The molecule has 1 unspecified atom stereocenters. The molecule has 164 valence electrons. The first kappa shape index (κ1) is 21.1. The number of aromatic hydroxyl groups is 1. The summed E-state index contributed by atoms with van der Waals surface area (Å²) in [6.07, 6.45) is 3.02. The molecule has 0 spiro atoms. The Hall–Kier alpha value is -3.13. The first-order valence-electron chi connectivity index (χ1n) is 10.8. The SMILES string of the molecule is CC(C)CC(NC(=O)c1ccco1)c1nnc2n1CCN(Cc1ccccc1O)CC2. The number of para-hydroxylation sites is 1. The van der Waals surface area contributed by atoms with Crippen LogP contribution in [0.25, 0.3) is 0 Å². The van der Waals surface area contributed by atoms with E-state index in [1.165, 1.54) is 6.26 Å². The fourth-order valence-electron chi connectivity index (χ4n) is 4.03. The molecule has 3 heterocycles. The summed E-state index contributed by atoms with van der Waals surface area (Å²) >= 11 is 0. The Kier molecular flexibility index (Phi) is 6.36. The molecule has 0 fully saturated rings. The van der Waals surface area contributed by atoms with Crippen molar-refractivity contribution in [3.63, 3.8) is 0 Å². The van der Waals surface area contributed by atoms with E-state index in [0.717, 1.165) is 49.7 Å². The third kappa shape index (κ3) is 4.96. The van der Waals surface area contributed by atoms with Gasteiger partial charge in [-0.2, -0.15) is 0 Å². The van der Waals surface area contributed by atoms with Gasteiger partial charge in [-0.25, -0.2) is 0 Å². The molecule has 0 radical (unpaired) electrons. The number of aromatic nitrogens is 3. The van der Waals surface area contributed by atoms with Gasteiger partial charge in [0.2, 0.25) is 0 Å². The highest BCUT2D eigenvalue weighted by atomic mass is 16.3. The van der Waals surface area contributed by atoms with Crippen LogP contribution >= 0.6 is 0 Å². The fourth-order valence-corrected chi connectivity index (χ4v) is 4.03. The van der Waals surface area contributed by atoms with Crippen molar-refractivity contribution in [3.05, 3.63) is 65.6 Å². The summed E-state index contributed by atoms with van der Waals surface area (Å²) in [6.45, 7) is 7.31. The van der Waals surface area contributed by atoms with Crippen molar-refractivity contribution in [2.24, 2.45) is 5.92 Å². The lowest BCUT2D eigenvalue weighted by atomic mass is 10.0.